The third-order valence-electron chi connectivity index (χ3n) is 6.01. The standard InChI is InChI=1S/C29H17N3S2/c1-3-7-19(8-4-1)27-30-28(20-9-5-2-6-10-20)32-29(31-27)24-17-21-12-14-22-23(26(21)34-24)13-11-18-15-16-33-25(18)22/h1-17H. The number of rotatable bonds is 3. The first-order valence-corrected chi connectivity index (χ1v) is 12.7. The van der Waals surface area contributed by atoms with Crippen molar-refractivity contribution in [2.75, 3.05) is 0 Å². The lowest BCUT2D eigenvalue weighted by Gasteiger charge is -2.07. The van der Waals surface area contributed by atoms with Gasteiger partial charge in [0.1, 0.15) is 0 Å². The van der Waals surface area contributed by atoms with Crippen molar-refractivity contribution in [3.05, 3.63) is 102 Å². The summed E-state index contributed by atoms with van der Waals surface area (Å²) in [4.78, 5) is 15.7. The van der Waals surface area contributed by atoms with Gasteiger partial charge in [-0.05, 0) is 28.3 Å². The van der Waals surface area contributed by atoms with Crippen molar-refractivity contribution in [2.24, 2.45) is 0 Å². The minimum atomic E-state index is 0.687. The van der Waals surface area contributed by atoms with E-state index in [9.17, 15) is 0 Å². The summed E-state index contributed by atoms with van der Waals surface area (Å²) in [5.74, 6) is 2.08. The smallest absolute Gasteiger partial charge is 0.174 e. The molecular formula is C29H17N3S2. The maximum absolute atomic E-state index is 4.91. The maximum atomic E-state index is 4.91. The first-order valence-electron chi connectivity index (χ1n) is 11.0. The summed E-state index contributed by atoms with van der Waals surface area (Å²) in [5, 5.41) is 7.26. The second-order valence-corrected chi connectivity index (χ2v) is 10.1. The summed E-state index contributed by atoms with van der Waals surface area (Å²) in [6.07, 6.45) is 0. The highest BCUT2D eigenvalue weighted by atomic mass is 32.1. The molecule has 0 saturated heterocycles. The fourth-order valence-electron chi connectivity index (χ4n) is 4.36. The zero-order chi connectivity index (χ0) is 22.5. The minimum Gasteiger partial charge on any atom is -0.208 e. The van der Waals surface area contributed by atoms with Crippen LogP contribution in [0.5, 0.6) is 0 Å². The highest BCUT2D eigenvalue weighted by molar-refractivity contribution is 7.23. The van der Waals surface area contributed by atoms with E-state index >= 15 is 0 Å². The van der Waals surface area contributed by atoms with Crippen LogP contribution in [0.4, 0.5) is 0 Å². The van der Waals surface area contributed by atoms with Gasteiger partial charge in [0.15, 0.2) is 17.5 Å². The Kier molecular flexibility index (Phi) is 4.50. The van der Waals surface area contributed by atoms with Gasteiger partial charge in [0.25, 0.3) is 0 Å². The molecule has 0 saturated carbocycles. The third kappa shape index (κ3) is 3.21. The van der Waals surface area contributed by atoms with Crippen molar-refractivity contribution in [2.45, 2.75) is 0 Å². The van der Waals surface area contributed by atoms with E-state index in [1.807, 2.05) is 60.7 Å². The van der Waals surface area contributed by atoms with Gasteiger partial charge in [0, 0.05) is 31.3 Å². The quantitative estimate of drug-likeness (QED) is 0.259. The first kappa shape index (κ1) is 19.5. The van der Waals surface area contributed by atoms with Crippen LogP contribution in [-0.2, 0) is 0 Å². The van der Waals surface area contributed by atoms with E-state index < -0.39 is 0 Å². The molecule has 0 radical (unpaired) electrons. The van der Waals surface area contributed by atoms with E-state index in [0.29, 0.717) is 17.5 Å². The molecule has 0 N–H and O–H groups in total. The Morgan fingerprint density at radius 2 is 1.09 bits per heavy atom. The SMILES string of the molecule is c1ccc(-c2nc(-c3ccccc3)nc(-c3cc4ccc5c(ccc6ccsc65)c4s3)n2)cc1. The van der Waals surface area contributed by atoms with Crippen LogP contribution >= 0.6 is 22.7 Å². The zero-order valence-electron chi connectivity index (χ0n) is 18.0. The van der Waals surface area contributed by atoms with Gasteiger partial charge in [-0.25, -0.2) is 15.0 Å². The Bertz CT molecular complexity index is 1740. The molecule has 0 aliphatic rings. The number of hydrogen-bond acceptors (Lipinski definition) is 5. The molecule has 0 amide bonds. The monoisotopic (exact) mass is 471 g/mol. The lowest BCUT2D eigenvalue weighted by molar-refractivity contribution is 1.08. The molecule has 0 unspecified atom stereocenters. The van der Waals surface area contributed by atoms with E-state index in [0.717, 1.165) is 16.0 Å². The lowest BCUT2D eigenvalue weighted by atomic mass is 10.1. The van der Waals surface area contributed by atoms with E-state index in [1.54, 1.807) is 22.7 Å². The lowest BCUT2D eigenvalue weighted by Crippen LogP contribution is -1.99. The van der Waals surface area contributed by atoms with Gasteiger partial charge in [-0.1, -0.05) is 84.9 Å². The summed E-state index contributed by atoms with van der Waals surface area (Å²) < 4.78 is 2.61. The Morgan fingerprint density at radius 1 is 0.500 bits per heavy atom. The number of benzene rings is 4. The Balaban J connectivity index is 1.46. The van der Waals surface area contributed by atoms with Gasteiger partial charge in [-0.3, -0.25) is 0 Å². The normalized spacial score (nSPS) is 11.5. The first-order chi connectivity index (χ1) is 16.8. The summed E-state index contributed by atoms with van der Waals surface area (Å²) in [5.41, 5.74) is 1.96. The molecular weight excluding hydrogens is 454 g/mol. The molecule has 0 atom stereocenters. The van der Waals surface area contributed by atoms with Crippen LogP contribution in [0.25, 0.3) is 64.4 Å². The van der Waals surface area contributed by atoms with Crippen LogP contribution in [0.2, 0.25) is 0 Å². The highest BCUT2D eigenvalue weighted by Gasteiger charge is 2.15. The molecule has 3 nitrogen and oxygen atoms in total. The van der Waals surface area contributed by atoms with Crippen LogP contribution in [0, 0.1) is 0 Å². The second-order valence-electron chi connectivity index (χ2n) is 8.13. The van der Waals surface area contributed by atoms with Crippen molar-refractivity contribution in [3.8, 4) is 33.5 Å². The van der Waals surface area contributed by atoms with Crippen molar-refractivity contribution >= 4 is 53.6 Å². The molecule has 4 aromatic carbocycles. The molecule has 34 heavy (non-hydrogen) atoms. The molecule has 0 bridgehead atoms. The van der Waals surface area contributed by atoms with E-state index in [1.165, 1.54) is 30.9 Å². The van der Waals surface area contributed by atoms with E-state index in [-0.39, 0.29) is 0 Å². The van der Waals surface area contributed by atoms with Gasteiger partial charge in [-0.15, -0.1) is 22.7 Å². The largest absolute Gasteiger partial charge is 0.208 e. The van der Waals surface area contributed by atoms with Crippen LogP contribution in [0.3, 0.4) is 0 Å². The average Bonchev–Trinajstić information content (AvgIpc) is 3.57. The third-order valence-corrected chi connectivity index (χ3v) is 8.16. The van der Waals surface area contributed by atoms with Crippen LogP contribution in [0.1, 0.15) is 0 Å². The predicted molar refractivity (Wildman–Crippen MR) is 144 cm³/mol. The minimum absolute atomic E-state index is 0.687. The molecule has 0 spiro atoms. The topological polar surface area (TPSA) is 38.7 Å². The van der Waals surface area contributed by atoms with Crippen molar-refractivity contribution in [3.63, 3.8) is 0 Å². The van der Waals surface area contributed by atoms with E-state index in [2.05, 4.69) is 41.8 Å². The highest BCUT2D eigenvalue weighted by Crippen LogP contribution is 2.40. The number of fused-ring (bicyclic) bond motifs is 5. The van der Waals surface area contributed by atoms with Gasteiger partial charge >= 0.3 is 0 Å². The molecule has 3 heterocycles. The molecule has 5 heteroatoms. The number of nitrogens with zero attached hydrogens (tertiary/aromatic N) is 3. The summed E-state index contributed by atoms with van der Waals surface area (Å²) in [6.45, 7) is 0. The number of thiophene rings is 2. The van der Waals surface area contributed by atoms with Gasteiger partial charge in [-0.2, -0.15) is 0 Å². The van der Waals surface area contributed by atoms with Crippen molar-refractivity contribution in [1.82, 2.24) is 15.0 Å². The average molecular weight is 472 g/mol. The molecule has 0 aliphatic carbocycles. The molecule has 7 rings (SSSR count). The summed E-state index contributed by atoms with van der Waals surface area (Å²) in [7, 11) is 0. The fraction of sp³-hybridized carbons (Fsp3) is 0. The van der Waals surface area contributed by atoms with Gasteiger partial charge in [0.2, 0.25) is 0 Å². The Hall–Kier alpha value is -3.93. The molecule has 0 fully saturated rings. The van der Waals surface area contributed by atoms with Gasteiger partial charge in [0.05, 0.1) is 4.88 Å². The summed E-state index contributed by atoms with van der Waals surface area (Å²) >= 11 is 3.55. The second kappa shape index (κ2) is 7.83. The molecule has 0 aliphatic heterocycles. The van der Waals surface area contributed by atoms with Crippen LogP contribution in [-0.4, -0.2) is 15.0 Å². The molecule has 7 aromatic rings. The van der Waals surface area contributed by atoms with Crippen LogP contribution < -0.4 is 0 Å². The predicted octanol–water partition coefficient (Wildman–Crippen LogP) is 8.46. The molecule has 160 valence electrons. The van der Waals surface area contributed by atoms with Gasteiger partial charge < -0.3 is 0 Å². The van der Waals surface area contributed by atoms with E-state index in [4.69, 9.17) is 15.0 Å². The summed E-state index contributed by atoms with van der Waals surface area (Å²) in [6, 6.07) is 33.5. The fourth-order valence-corrected chi connectivity index (χ4v) is 6.41. The Morgan fingerprint density at radius 3 is 1.76 bits per heavy atom. The van der Waals surface area contributed by atoms with Crippen molar-refractivity contribution in [1.29, 1.82) is 0 Å². The Labute approximate surface area is 204 Å². The zero-order valence-corrected chi connectivity index (χ0v) is 19.6. The maximum Gasteiger partial charge on any atom is 0.174 e. The number of aromatic nitrogens is 3. The van der Waals surface area contributed by atoms with Crippen molar-refractivity contribution < 1.29 is 0 Å². The van der Waals surface area contributed by atoms with Crippen LogP contribution in [0.15, 0.2) is 102 Å². The molecule has 3 aromatic heterocycles. The number of hydrogen-bond donors (Lipinski definition) is 0.